The van der Waals surface area contributed by atoms with Gasteiger partial charge in [0.05, 0.1) is 23.5 Å². The highest BCUT2D eigenvalue weighted by atomic mass is 32.1. The molecule has 0 radical (unpaired) electrons. The number of ether oxygens (including phenoxy) is 1. The molecule has 0 fully saturated rings. The van der Waals surface area contributed by atoms with Crippen molar-refractivity contribution >= 4 is 17.3 Å². The Morgan fingerprint density at radius 2 is 2.08 bits per heavy atom. The molecule has 0 atom stereocenters. The lowest BCUT2D eigenvalue weighted by atomic mass is 10.2. The largest absolute Gasteiger partial charge is 0.459 e. The van der Waals surface area contributed by atoms with Gasteiger partial charge in [-0.25, -0.2) is 4.68 Å². The molecule has 1 aromatic carbocycles. The molecule has 5 nitrogen and oxygen atoms in total. The number of aromatic nitrogens is 2. The van der Waals surface area contributed by atoms with Crippen molar-refractivity contribution < 1.29 is 9.53 Å². The number of thiophene rings is 1. The summed E-state index contributed by atoms with van der Waals surface area (Å²) in [4.78, 5) is 13.0. The van der Waals surface area contributed by atoms with Gasteiger partial charge in [0, 0.05) is 4.88 Å². The first kappa shape index (κ1) is 16.0. The standard InChI is InChI=1S/C18H15N3O2S/c1-13-16(11-19)17(21(20-13)14-6-3-2-4-7-14)12-23-18(22)10-15-8-5-9-24-15/h2-9H,10,12H2,1H3. The average molecular weight is 337 g/mol. The van der Waals surface area contributed by atoms with Crippen molar-refractivity contribution in [2.45, 2.75) is 20.0 Å². The second-order valence-corrected chi connectivity index (χ2v) is 6.22. The van der Waals surface area contributed by atoms with Gasteiger partial charge >= 0.3 is 5.97 Å². The predicted molar refractivity (Wildman–Crippen MR) is 90.8 cm³/mol. The minimum Gasteiger partial charge on any atom is -0.459 e. The van der Waals surface area contributed by atoms with E-state index in [0.717, 1.165) is 10.6 Å². The summed E-state index contributed by atoms with van der Waals surface area (Å²) in [5, 5.41) is 15.7. The van der Waals surface area contributed by atoms with Gasteiger partial charge in [-0.15, -0.1) is 11.3 Å². The summed E-state index contributed by atoms with van der Waals surface area (Å²) in [6.45, 7) is 1.79. The van der Waals surface area contributed by atoms with E-state index in [1.807, 2.05) is 47.8 Å². The molecule has 0 unspecified atom stereocenters. The van der Waals surface area contributed by atoms with E-state index in [1.165, 1.54) is 11.3 Å². The molecule has 0 saturated carbocycles. The lowest BCUT2D eigenvalue weighted by Crippen LogP contribution is -2.11. The summed E-state index contributed by atoms with van der Waals surface area (Å²) in [6.07, 6.45) is 0.234. The lowest BCUT2D eigenvalue weighted by Gasteiger charge is -2.08. The molecule has 0 amide bonds. The highest BCUT2D eigenvalue weighted by molar-refractivity contribution is 7.10. The SMILES string of the molecule is Cc1nn(-c2ccccc2)c(COC(=O)Cc2cccs2)c1C#N. The van der Waals surface area contributed by atoms with E-state index in [0.29, 0.717) is 17.0 Å². The number of hydrogen-bond donors (Lipinski definition) is 0. The zero-order chi connectivity index (χ0) is 16.9. The summed E-state index contributed by atoms with van der Waals surface area (Å²) in [6, 6.07) is 15.4. The van der Waals surface area contributed by atoms with Gasteiger partial charge in [-0.3, -0.25) is 4.79 Å². The maximum Gasteiger partial charge on any atom is 0.311 e. The third-order valence-corrected chi connectivity index (χ3v) is 4.41. The van der Waals surface area contributed by atoms with Crippen LogP contribution in [-0.4, -0.2) is 15.7 Å². The van der Waals surface area contributed by atoms with Crippen LogP contribution in [-0.2, 0) is 22.6 Å². The fraction of sp³-hybridized carbons (Fsp3) is 0.167. The Bertz CT molecular complexity index is 877. The Hall–Kier alpha value is -2.91. The van der Waals surface area contributed by atoms with Gasteiger partial charge in [0.25, 0.3) is 0 Å². The van der Waals surface area contributed by atoms with Crippen LogP contribution in [0.25, 0.3) is 5.69 Å². The molecule has 0 aliphatic heterocycles. The van der Waals surface area contributed by atoms with Crippen molar-refractivity contribution in [3.63, 3.8) is 0 Å². The molecule has 2 heterocycles. The summed E-state index contributed by atoms with van der Waals surface area (Å²) in [7, 11) is 0. The van der Waals surface area contributed by atoms with E-state index in [1.54, 1.807) is 11.6 Å². The van der Waals surface area contributed by atoms with Crippen LogP contribution in [0.15, 0.2) is 47.8 Å². The quantitative estimate of drug-likeness (QED) is 0.669. The topological polar surface area (TPSA) is 67.9 Å². The minimum absolute atomic E-state index is 0.0167. The molecule has 3 rings (SSSR count). The van der Waals surface area contributed by atoms with Gasteiger partial charge in [-0.1, -0.05) is 24.3 Å². The highest BCUT2D eigenvalue weighted by Gasteiger charge is 2.18. The van der Waals surface area contributed by atoms with Crippen LogP contribution < -0.4 is 0 Å². The lowest BCUT2D eigenvalue weighted by molar-refractivity contribution is -0.144. The Morgan fingerprint density at radius 1 is 1.29 bits per heavy atom. The van der Waals surface area contributed by atoms with Crippen molar-refractivity contribution in [2.75, 3.05) is 0 Å². The average Bonchev–Trinajstić information content (AvgIpc) is 3.21. The van der Waals surface area contributed by atoms with Crippen molar-refractivity contribution in [3.05, 3.63) is 69.7 Å². The number of para-hydroxylation sites is 1. The second kappa shape index (κ2) is 7.11. The third kappa shape index (κ3) is 3.36. The maximum atomic E-state index is 12.0. The summed E-state index contributed by atoms with van der Waals surface area (Å²) < 4.78 is 7.03. The van der Waals surface area contributed by atoms with E-state index in [9.17, 15) is 10.1 Å². The van der Waals surface area contributed by atoms with Gasteiger partial charge < -0.3 is 4.74 Å². The van der Waals surface area contributed by atoms with Crippen LogP contribution in [0.1, 0.15) is 21.8 Å². The smallest absolute Gasteiger partial charge is 0.311 e. The third-order valence-electron chi connectivity index (χ3n) is 3.54. The number of nitrogens with zero attached hydrogens (tertiary/aromatic N) is 3. The van der Waals surface area contributed by atoms with Gasteiger partial charge in [-0.05, 0) is 30.5 Å². The fourth-order valence-corrected chi connectivity index (χ4v) is 3.08. The number of hydrogen-bond acceptors (Lipinski definition) is 5. The van der Waals surface area contributed by atoms with Gasteiger partial charge in [0.15, 0.2) is 0 Å². The summed E-state index contributed by atoms with van der Waals surface area (Å²) >= 11 is 1.51. The van der Waals surface area contributed by atoms with Crippen LogP contribution in [0.5, 0.6) is 0 Å². The van der Waals surface area contributed by atoms with Crippen LogP contribution in [0.2, 0.25) is 0 Å². The molecular weight excluding hydrogens is 322 g/mol. The molecule has 0 aliphatic carbocycles. The molecule has 0 N–H and O–H groups in total. The molecule has 0 spiro atoms. The van der Waals surface area contributed by atoms with E-state index in [-0.39, 0.29) is 19.0 Å². The first-order valence-electron chi connectivity index (χ1n) is 7.41. The van der Waals surface area contributed by atoms with Crippen LogP contribution >= 0.6 is 11.3 Å². The Labute approximate surface area is 143 Å². The maximum absolute atomic E-state index is 12.0. The fourth-order valence-electron chi connectivity index (χ4n) is 2.39. The van der Waals surface area contributed by atoms with Gasteiger partial charge in [0.2, 0.25) is 0 Å². The molecule has 0 bridgehead atoms. The molecule has 2 aromatic heterocycles. The van der Waals surface area contributed by atoms with E-state index < -0.39 is 0 Å². The number of carbonyl (C=O) groups excluding carboxylic acids is 1. The number of rotatable bonds is 5. The van der Waals surface area contributed by atoms with E-state index in [4.69, 9.17) is 4.74 Å². The summed E-state index contributed by atoms with van der Waals surface area (Å²) in [5.41, 5.74) is 2.47. The highest BCUT2D eigenvalue weighted by Crippen LogP contribution is 2.19. The minimum atomic E-state index is -0.320. The van der Waals surface area contributed by atoms with Crippen molar-refractivity contribution in [2.24, 2.45) is 0 Å². The van der Waals surface area contributed by atoms with Gasteiger partial charge in [-0.2, -0.15) is 10.4 Å². The molecular formula is C18H15N3O2S. The van der Waals surface area contributed by atoms with Crippen molar-refractivity contribution in [1.82, 2.24) is 9.78 Å². The van der Waals surface area contributed by atoms with E-state index in [2.05, 4.69) is 11.2 Å². The first-order chi connectivity index (χ1) is 11.7. The van der Waals surface area contributed by atoms with Crippen molar-refractivity contribution in [3.8, 4) is 11.8 Å². The normalized spacial score (nSPS) is 10.3. The van der Waals surface area contributed by atoms with Crippen LogP contribution in [0.4, 0.5) is 0 Å². The first-order valence-corrected chi connectivity index (χ1v) is 8.29. The number of carbonyl (C=O) groups is 1. The summed E-state index contributed by atoms with van der Waals surface area (Å²) in [5.74, 6) is -0.320. The number of benzene rings is 1. The molecule has 24 heavy (non-hydrogen) atoms. The molecule has 0 aliphatic rings. The molecule has 6 heteroatoms. The van der Waals surface area contributed by atoms with Crippen molar-refractivity contribution in [1.29, 1.82) is 5.26 Å². The zero-order valence-electron chi connectivity index (χ0n) is 13.1. The van der Waals surface area contributed by atoms with Gasteiger partial charge in [0.1, 0.15) is 18.2 Å². The molecule has 3 aromatic rings. The molecule has 0 saturated heterocycles. The molecule has 120 valence electrons. The second-order valence-electron chi connectivity index (χ2n) is 5.18. The Morgan fingerprint density at radius 3 is 2.75 bits per heavy atom. The van der Waals surface area contributed by atoms with Crippen LogP contribution in [0, 0.1) is 18.3 Å². The Kier molecular flexibility index (Phi) is 4.73. The number of nitriles is 1. The Balaban J connectivity index is 1.82. The van der Waals surface area contributed by atoms with Crippen LogP contribution in [0.3, 0.4) is 0 Å². The monoisotopic (exact) mass is 337 g/mol. The zero-order valence-corrected chi connectivity index (χ0v) is 13.9. The predicted octanol–water partition coefficient (Wildman–Crippen LogP) is 3.40. The van der Waals surface area contributed by atoms with E-state index >= 15 is 0 Å². The number of aryl methyl sites for hydroxylation is 1. The number of esters is 1.